The van der Waals surface area contributed by atoms with Gasteiger partial charge in [-0.2, -0.15) is 13.2 Å². The van der Waals surface area contributed by atoms with Crippen LogP contribution in [0.5, 0.6) is 0 Å². The van der Waals surface area contributed by atoms with Crippen LogP contribution < -0.4 is 0 Å². The molecule has 0 amide bonds. The Kier molecular flexibility index (Phi) is 6.78. The maximum atomic E-state index is 13.6. The largest absolute Gasteiger partial charge is 0.417 e. The molecule has 5 heteroatoms. The summed E-state index contributed by atoms with van der Waals surface area (Å²) in [7, 11) is 0. The molecule has 0 heterocycles. The topological polar surface area (TPSA) is 40.5 Å². The lowest BCUT2D eigenvalue weighted by molar-refractivity contribution is -0.290. The van der Waals surface area contributed by atoms with Gasteiger partial charge < -0.3 is 10.2 Å². The molecule has 4 aliphatic carbocycles. The smallest absolute Gasteiger partial charge is 0.393 e. The highest BCUT2D eigenvalue weighted by Crippen LogP contribution is 2.69. The zero-order valence-corrected chi connectivity index (χ0v) is 21.4. The minimum atomic E-state index is -4.53. The third kappa shape index (κ3) is 4.19. The zero-order chi connectivity index (χ0) is 24.4. The molecule has 0 spiro atoms. The van der Waals surface area contributed by atoms with Crippen molar-refractivity contribution in [3.8, 4) is 0 Å². The van der Waals surface area contributed by atoms with Gasteiger partial charge in [-0.15, -0.1) is 0 Å². The molecule has 0 aliphatic heterocycles. The van der Waals surface area contributed by atoms with Gasteiger partial charge in [0.2, 0.25) is 0 Å². The summed E-state index contributed by atoms with van der Waals surface area (Å²) < 4.78 is 40.7. The molecular formula is C28H47F3O2. The van der Waals surface area contributed by atoms with Crippen molar-refractivity contribution < 1.29 is 23.4 Å². The molecule has 0 radical (unpaired) electrons. The van der Waals surface area contributed by atoms with E-state index in [4.69, 9.17) is 0 Å². The van der Waals surface area contributed by atoms with Gasteiger partial charge in [0.1, 0.15) is 0 Å². The quantitative estimate of drug-likeness (QED) is 0.438. The van der Waals surface area contributed by atoms with Crippen LogP contribution in [0.15, 0.2) is 0 Å². The summed E-state index contributed by atoms with van der Waals surface area (Å²) in [4.78, 5) is 0. The highest BCUT2D eigenvalue weighted by molar-refractivity contribution is 5.12. The number of aliphatic hydroxyl groups is 2. The van der Waals surface area contributed by atoms with Crippen molar-refractivity contribution in [2.75, 3.05) is 0 Å². The van der Waals surface area contributed by atoms with Gasteiger partial charge in [-0.25, -0.2) is 0 Å². The summed E-state index contributed by atoms with van der Waals surface area (Å²) in [5.41, 5.74) is -2.33. The first-order chi connectivity index (χ1) is 15.2. The molecule has 33 heavy (non-hydrogen) atoms. The SMILES string of the molecule is CC(C)CC[C@@H](O)[C@H](C)[C@@H]1CC[C@H]2[C@@H]3CC[C@H]4C[C@](O)(C(F)(F)F)CC[C@]4(C)[C@H]3CC[C@]12C. The van der Waals surface area contributed by atoms with Crippen molar-refractivity contribution in [2.24, 2.45) is 52.3 Å². The zero-order valence-electron chi connectivity index (χ0n) is 21.4. The molecule has 4 aliphatic rings. The van der Waals surface area contributed by atoms with Gasteiger partial charge >= 0.3 is 6.18 Å². The van der Waals surface area contributed by atoms with Gasteiger partial charge in [0.25, 0.3) is 0 Å². The molecular weight excluding hydrogens is 425 g/mol. The Morgan fingerprint density at radius 1 is 0.848 bits per heavy atom. The van der Waals surface area contributed by atoms with Crippen LogP contribution in [0.4, 0.5) is 13.2 Å². The molecule has 0 aromatic carbocycles. The first-order valence-electron chi connectivity index (χ1n) is 13.7. The van der Waals surface area contributed by atoms with Crippen molar-refractivity contribution in [2.45, 2.75) is 123 Å². The molecule has 4 fully saturated rings. The Morgan fingerprint density at radius 2 is 1.52 bits per heavy atom. The van der Waals surface area contributed by atoms with Crippen LogP contribution in [0.25, 0.3) is 0 Å². The number of rotatable bonds is 5. The summed E-state index contributed by atoms with van der Waals surface area (Å²) in [6.45, 7) is 11.4. The second-order valence-corrected chi connectivity index (χ2v) is 13.5. The fourth-order valence-electron chi connectivity index (χ4n) is 9.44. The van der Waals surface area contributed by atoms with Gasteiger partial charge in [0.15, 0.2) is 5.60 Å². The van der Waals surface area contributed by atoms with Crippen LogP contribution in [-0.4, -0.2) is 28.1 Å². The molecule has 0 aromatic heterocycles. The van der Waals surface area contributed by atoms with Gasteiger partial charge in [-0.1, -0.05) is 34.6 Å². The van der Waals surface area contributed by atoms with E-state index >= 15 is 0 Å². The van der Waals surface area contributed by atoms with Crippen LogP contribution in [0.3, 0.4) is 0 Å². The second kappa shape index (κ2) is 8.68. The molecule has 0 bridgehead atoms. The van der Waals surface area contributed by atoms with Crippen LogP contribution in [0, 0.1) is 52.3 Å². The van der Waals surface area contributed by atoms with Crippen molar-refractivity contribution in [1.82, 2.24) is 0 Å². The van der Waals surface area contributed by atoms with Gasteiger partial charge in [-0.3, -0.25) is 0 Å². The van der Waals surface area contributed by atoms with E-state index in [0.29, 0.717) is 41.9 Å². The predicted molar refractivity (Wildman–Crippen MR) is 125 cm³/mol. The van der Waals surface area contributed by atoms with E-state index in [1.165, 1.54) is 12.8 Å². The molecule has 0 aromatic rings. The fraction of sp³-hybridized carbons (Fsp3) is 1.00. The van der Waals surface area contributed by atoms with Crippen LogP contribution in [0.1, 0.15) is 105 Å². The summed E-state index contributed by atoms with van der Waals surface area (Å²) in [6.07, 6.45) is 3.86. The third-order valence-electron chi connectivity index (χ3n) is 11.6. The van der Waals surface area contributed by atoms with Crippen LogP contribution in [0.2, 0.25) is 0 Å². The summed E-state index contributed by atoms with van der Waals surface area (Å²) >= 11 is 0. The molecule has 10 atom stereocenters. The van der Waals surface area contributed by atoms with E-state index in [9.17, 15) is 23.4 Å². The van der Waals surface area contributed by atoms with Gasteiger partial charge in [-0.05, 0) is 123 Å². The first-order valence-corrected chi connectivity index (χ1v) is 13.7. The van der Waals surface area contributed by atoms with Crippen molar-refractivity contribution in [1.29, 1.82) is 0 Å². The van der Waals surface area contributed by atoms with Gasteiger partial charge in [0, 0.05) is 0 Å². The fourth-order valence-corrected chi connectivity index (χ4v) is 9.44. The van der Waals surface area contributed by atoms with E-state index in [-0.39, 0.29) is 35.7 Å². The van der Waals surface area contributed by atoms with E-state index in [0.717, 1.165) is 38.5 Å². The number of aliphatic hydroxyl groups excluding tert-OH is 1. The normalized spacial score (nSPS) is 47.5. The highest BCUT2D eigenvalue weighted by atomic mass is 19.4. The lowest BCUT2D eigenvalue weighted by Gasteiger charge is -2.62. The second-order valence-electron chi connectivity index (χ2n) is 13.5. The van der Waals surface area contributed by atoms with E-state index in [2.05, 4.69) is 34.6 Å². The summed E-state index contributed by atoms with van der Waals surface area (Å²) in [5.74, 6) is 3.12. The molecule has 2 N–H and O–H groups in total. The maximum absolute atomic E-state index is 13.6. The first kappa shape index (κ1) is 25.8. The molecule has 0 saturated heterocycles. The number of alkyl halides is 3. The third-order valence-corrected chi connectivity index (χ3v) is 11.6. The average Bonchev–Trinajstić information content (AvgIpc) is 3.08. The highest BCUT2D eigenvalue weighted by Gasteiger charge is 2.65. The van der Waals surface area contributed by atoms with Crippen molar-refractivity contribution >= 4 is 0 Å². The monoisotopic (exact) mass is 472 g/mol. The van der Waals surface area contributed by atoms with E-state index < -0.39 is 11.8 Å². The summed E-state index contributed by atoms with van der Waals surface area (Å²) in [5, 5.41) is 21.4. The number of halogens is 3. The molecule has 0 unspecified atom stereocenters. The predicted octanol–water partition coefficient (Wildman–Crippen LogP) is 7.37. The maximum Gasteiger partial charge on any atom is 0.417 e. The number of hydrogen-bond donors (Lipinski definition) is 2. The Hall–Kier alpha value is -0.290. The molecule has 4 rings (SSSR count). The Morgan fingerprint density at radius 3 is 2.15 bits per heavy atom. The molecule has 4 saturated carbocycles. The van der Waals surface area contributed by atoms with Crippen LogP contribution >= 0.6 is 0 Å². The number of hydrogen-bond acceptors (Lipinski definition) is 2. The minimum absolute atomic E-state index is 0.0301. The van der Waals surface area contributed by atoms with E-state index in [1.54, 1.807) is 0 Å². The minimum Gasteiger partial charge on any atom is -0.393 e. The van der Waals surface area contributed by atoms with Crippen LogP contribution in [-0.2, 0) is 0 Å². The molecule has 192 valence electrons. The Bertz CT molecular complexity index is 708. The van der Waals surface area contributed by atoms with Crippen molar-refractivity contribution in [3.63, 3.8) is 0 Å². The molecule has 2 nitrogen and oxygen atoms in total. The van der Waals surface area contributed by atoms with E-state index in [1.807, 2.05) is 0 Å². The van der Waals surface area contributed by atoms with Crippen molar-refractivity contribution in [3.05, 3.63) is 0 Å². The average molecular weight is 473 g/mol. The standard InChI is InChI=1S/C28H47F3O2/c1-17(2)6-11-24(32)18(3)21-9-10-22-20-8-7-19-16-27(33,28(29,30)31)15-14-25(19,4)23(20)12-13-26(21,22)5/h17-24,32-33H,6-16H2,1-5H3/t18-,19+,20+,21+,22+,23+,24-,25+,26-,27+/m1/s1. The Labute approximate surface area is 199 Å². The lowest BCUT2D eigenvalue weighted by Crippen LogP contribution is -2.59. The lowest BCUT2D eigenvalue weighted by atomic mass is 9.43. The summed E-state index contributed by atoms with van der Waals surface area (Å²) in [6, 6.07) is 0. The Balaban J connectivity index is 1.49. The van der Waals surface area contributed by atoms with Gasteiger partial charge in [0.05, 0.1) is 6.10 Å². The number of fused-ring (bicyclic) bond motifs is 5.